The number of carbonyl (C=O) groups is 1. The number of aromatic amines is 2. The second kappa shape index (κ2) is 10.2. The molecule has 0 aliphatic heterocycles. The van der Waals surface area contributed by atoms with E-state index in [0.29, 0.717) is 12.1 Å². The third-order valence-electron chi connectivity index (χ3n) is 7.80. The van der Waals surface area contributed by atoms with Gasteiger partial charge in [0.1, 0.15) is 5.69 Å². The third kappa shape index (κ3) is 4.62. The van der Waals surface area contributed by atoms with Gasteiger partial charge in [-0.2, -0.15) is 5.10 Å². The molecule has 0 bridgehead atoms. The molecule has 2 aliphatic carbocycles. The lowest BCUT2D eigenvalue weighted by Crippen LogP contribution is -2.24. The van der Waals surface area contributed by atoms with Crippen LogP contribution in [0.3, 0.4) is 0 Å². The molecule has 40 heavy (non-hydrogen) atoms. The monoisotopic (exact) mass is 547 g/mol. The fourth-order valence-corrected chi connectivity index (χ4v) is 6.50. The van der Waals surface area contributed by atoms with Crippen molar-refractivity contribution in [3.63, 3.8) is 0 Å². The largest absolute Gasteiger partial charge is 0.402 e. The summed E-state index contributed by atoms with van der Waals surface area (Å²) in [5.74, 6) is 0.162. The van der Waals surface area contributed by atoms with Crippen molar-refractivity contribution in [2.24, 2.45) is 11.7 Å². The number of hydrogen-bond donors (Lipinski definition) is 4. The van der Waals surface area contributed by atoms with Crippen molar-refractivity contribution >= 4 is 39.4 Å². The van der Waals surface area contributed by atoms with E-state index in [2.05, 4.69) is 60.1 Å². The van der Waals surface area contributed by atoms with Gasteiger partial charge in [-0.15, -0.1) is 11.3 Å². The number of pyridine rings is 2. The summed E-state index contributed by atoms with van der Waals surface area (Å²) >= 11 is 1.71. The third-order valence-corrected chi connectivity index (χ3v) is 8.70. The van der Waals surface area contributed by atoms with Crippen molar-refractivity contribution in [1.29, 1.82) is 0 Å². The maximum Gasteiger partial charge on any atom is 0.227 e. The number of aromatic nitrogens is 5. The van der Waals surface area contributed by atoms with Crippen molar-refractivity contribution in [3.8, 4) is 22.6 Å². The van der Waals surface area contributed by atoms with Crippen LogP contribution in [-0.4, -0.2) is 31.1 Å². The van der Waals surface area contributed by atoms with Gasteiger partial charge < -0.3 is 16.0 Å². The van der Waals surface area contributed by atoms with Crippen LogP contribution in [0.15, 0.2) is 72.2 Å². The van der Waals surface area contributed by atoms with Crippen LogP contribution in [0.5, 0.6) is 0 Å². The molecule has 5 aromatic heterocycles. The van der Waals surface area contributed by atoms with E-state index >= 15 is 0 Å². The van der Waals surface area contributed by atoms with Crippen LogP contribution >= 0.6 is 11.3 Å². The van der Waals surface area contributed by atoms with Crippen LogP contribution in [-0.2, 0) is 11.2 Å². The normalized spacial score (nSPS) is 15.8. The van der Waals surface area contributed by atoms with E-state index in [1.54, 1.807) is 29.9 Å². The summed E-state index contributed by atoms with van der Waals surface area (Å²) in [6.07, 6.45) is 15.3. The van der Waals surface area contributed by atoms with Gasteiger partial charge in [-0.3, -0.25) is 19.9 Å². The topological polar surface area (TPSA) is 125 Å². The Morgan fingerprint density at radius 2 is 1.98 bits per heavy atom. The van der Waals surface area contributed by atoms with Gasteiger partial charge in [0.15, 0.2) is 0 Å². The smallest absolute Gasteiger partial charge is 0.227 e. The molecule has 8 nitrogen and oxygen atoms in total. The first-order valence-corrected chi connectivity index (χ1v) is 14.5. The van der Waals surface area contributed by atoms with Gasteiger partial charge in [0.05, 0.1) is 35.0 Å². The molecule has 2 aliphatic rings. The van der Waals surface area contributed by atoms with Crippen LogP contribution < -0.4 is 11.1 Å². The van der Waals surface area contributed by atoms with Crippen LogP contribution in [0.25, 0.3) is 39.1 Å². The highest BCUT2D eigenvalue weighted by atomic mass is 32.1. The number of H-pyrrole nitrogens is 2. The van der Waals surface area contributed by atoms with Crippen LogP contribution in [0.2, 0.25) is 0 Å². The quantitative estimate of drug-likeness (QED) is 0.202. The van der Waals surface area contributed by atoms with Gasteiger partial charge in [0.25, 0.3) is 0 Å². The van der Waals surface area contributed by atoms with E-state index < -0.39 is 0 Å². The van der Waals surface area contributed by atoms with Gasteiger partial charge in [0, 0.05) is 56.9 Å². The zero-order valence-corrected chi connectivity index (χ0v) is 22.7. The molecular formula is C31H29N7OS. The Kier molecular flexibility index (Phi) is 6.28. The average molecular weight is 548 g/mol. The lowest BCUT2D eigenvalue weighted by molar-refractivity contribution is -0.120. The maximum absolute atomic E-state index is 12.8. The van der Waals surface area contributed by atoms with Gasteiger partial charge in [-0.25, -0.2) is 0 Å². The summed E-state index contributed by atoms with van der Waals surface area (Å²) in [6.45, 7) is 0. The molecule has 5 N–H and O–H groups in total. The molecule has 0 spiro atoms. The van der Waals surface area contributed by atoms with Crippen molar-refractivity contribution in [3.05, 3.63) is 88.3 Å². The highest BCUT2D eigenvalue weighted by Gasteiger charge is 2.22. The minimum atomic E-state index is 0.0807. The molecule has 0 atom stereocenters. The first-order valence-electron chi connectivity index (χ1n) is 13.7. The minimum absolute atomic E-state index is 0.0807. The average Bonchev–Trinajstić information content (AvgIpc) is 3.73. The lowest BCUT2D eigenvalue weighted by Gasteiger charge is -2.20. The van der Waals surface area contributed by atoms with Crippen molar-refractivity contribution in [1.82, 2.24) is 25.1 Å². The Morgan fingerprint density at radius 3 is 2.83 bits per heavy atom. The number of nitrogens with zero attached hydrogens (tertiary/aromatic N) is 3. The number of carbonyl (C=O) groups excluding carboxylic acids is 1. The van der Waals surface area contributed by atoms with Crippen LogP contribution in [0, 0.1) is 5.92 Å². The molecule has 0 aromatic carbocycles. The summed E-state index contributed by atoms with van der Waals surface area (Å²) in [6, 6.07) is 10.3. The number of nitrogens with one attached hydrogen (secondary N) is 3. The standard InChI is InChI=1S/C31H29N7OS/c32-20-8-9-22(29-7-4-10-40-29)23-13-27(36-26(23)12-20)30-24-14-25(34-17-28(24)37-38-30)19-11-21(16-33-15-19)35-31(39)18-5-2-1-3-6-18/h4,7-11,13-18,36H,1-3,5-6,12,32H2,(H,35,39)(H,37,38). The van der Waals surface area contributed by atoms with E-state index in [1.807, 2.05) is 18.2 Å². The second-order valence-electron chi connectivity index (χ2n) is 10.5. The van der Waals surface area contributed by atoms with Gasteiger partial charge in [0.2, 0.25) is 5.91 Å². The molecule has 5 heterocycles. The molecule has 0 unspecified atom stereocenters. The summed E-state index contributed by atoms with van der Waals surface area (Å²) in [4.78, 5) is 26.6. The summed E-state index contributed by atoms with van der Waals surface area (Å²) in [5, 5.41) is 13.9. The number of allylic oxidation sites excluding steroid dienone is 3. The van der Waals surface area contributed by atoms with Gasteiger partial charge in [-0.05, 0) is 48.6 Å². The van der Waals surface area contributed by atoms with Crippen LogP contribution in [0.1, 0.15) is 48.2 Å². The number of amides is 1. The van der Waals surface area contributed by atoms with E-state index in [9.17, 15) is 4.79 Å². The Balaban J connectivity index is 1.22. The molecule has 1 amide bonds. The predicted octanol–water partition coefficient (Wildman–Crippen LogP) is 6.43. The van der Waals surface area contributed by atoms with E-state index in [4.69, 9.17) is 5.73 Å². The van der Waals surface area contributed by atoms with E-state index in [0.717, 1.165) is 81.8 Å². The predicted molar refractivity (Wildman–Crippen MR) is 159 cm³/mol. The molecule has 1 fully saturated rings. The Bertz CT molecular complexity index is 1770. The molecular weight excluding hydrogens is 518 g/mol. The molecule has 7 rings (SSSR count). The Labute approximate surface area is 235 Å². The highest BCUT2D eigenvalue weighted by molar-refractivity contribution is 7.11. The maximum atomic E-state index is 12.8. The van der Waals surface area contributed by atoms with Crippen molar-refractivity contribution in [2.75, 3.05) is 5.32 Å². The number of thiophene rings is 1. The van der Waals surface area contributed by atoms with Crippen LogP contribution in [0.4, 0.5) is 5.69 Å². The van der Waals surface area contributed by atoms with E-state index in [-0.39, 0.29) is 11.8 Å². The number of hydrogen-bond acceptors (Lipinski definition) is 6. The second-order valence-corrected chi connectivity index (χ2v) is 11.5. The number of nitrogens with two attached hydrogens (primary N) is 1. The van der Waals surface area contributed by atoms with Crippen molar-refractivity contribution < 1.29 is 4.79 Å². The number of anilines is 1. The van der Waals surface area contributed by atoms with Crippen molar-refractivity contribution in [2.45, 2.75) is 38.5 Å². The molecule has 200 valence electrons. The zero-order valence-electron chi connectivity index (χ0n) is 21.9. The summed E-state index contributed by atoms with van der Waals surface area (Å²) < 4.78 is 0. The molecule has 5 aromatic rings. The Morgan fingerprint density at radius 1 is 1.07 bits per heavy atom. The van der Waals surface area contributed by atoms with Gasteiger partial charge >= 0.3 is 0 Å². The SMILES string of the molecule is NC1=CC=C(c2cccs2)c2cc(-c3n[nH]c4cnc(-c5cncc(NC(=O)C6CCCCC6)c5)cc34)[nH]c2C1. The minimum Gasteiger partial charge on any atom is -0.402 e. The molecule has 0 radical (unpaired) electrons. The number of rotatable bonds is 5. The molecule has 9 heteroatoms. The zero-order chi connectivity index (χ0) is 27.1. The fraction of sp³-hybridized carbons (Fsp3) is 0.226. The summed E-state index contributed by atoms with van der Waals surface area (Å²) in [5.41, 5.74) is 15.3. The Hall–Kier alpha value is -4.50. The number of fused-ring (bicyclic) bond motifs is 2. The fourth-order valence-electron chi connectivity index (χ4n) is 5.73. The highest BCUT2D eigenvalue weighted by Crippen LogP contribution is 2.37. The first kappa shape index (κ1) is 24.5. The first-order chi connectivity index (χ1) is 19.6. The summed E-state index contributed by atoms with van der Waals surface area (Å²) in [7, 11) is 0. The van der Waals surface area contributed by atoms with Gasteiger partial charge in [-0.1, -0.05) is 31.4 Å². The molecule has 0 saturated heterocycles. The van der Waals surface area contributed by atoms with E-state index in [1.165, 1.54) is 11.3 Å². The molecule has 1 saturated carbocycles. The lowest BCUT2D eigenvalue weighted by atomic mass is 9.88.